The number of hydrogen-bond donors (Lipinski definition) is 1. The fourth-order valence-corrected chi connectivity index (χ4v) is 1.22. The quantitative estimate of drug-likeness (QED) is 0.770. The number of carbonyl (C=O) groups excluding carboxylic acids is 1. The molecule has 1 rings (SSSR count). The topological polar surface area (TPSA) is 32.3 Å². The van der Waals surface area contributed by atoms with Crippen LogP contribution < -0.4 is 10.2 Å². The Morgan fingerprint density at radius 1 is 1.57 bits per heavy atom. The molecule has 1 N–H and O–H groups in total. The zero-order valence-corrected chi connectivity index (χ0v) is 8.25. The summed E-state index contributed by atoms with van der Waals surface area (Å²) in [6.07, 6.45) is 0. The van der Waals surface area contributed by atoms with Gasteiger partial charge in [0.05, 0.1) is 0 Å². The molecular weight excluding hydrogens is 183 g/mol. The van der Waals surface area contributed by atoms with E-state index in [1.165, 1.54) is 17.0 Å². The van der Waals surface area contributed by atoms with Gasteiger partial charge < -0.3 is 5.32 Å². The second-order valence-corrected chi connectivity index (χ2v) is 2.78. The lowest BCUT2D eigenvalue weighted by Crippen LogP contribution is -2.37. The molecule has 0 saturated heterocycles. The number of hydrogen-bond acceptors (Lipinski definition) is 1. The molecule has 14 heavy (non-hydrogen) atoms. The third kappa shape index (κ3) is 2.22. The normalized spacial score (nSPS) is 9.64. The van der Waals surface area contributed by atoms with Gasteiger partial charge in [-0.15, -0.1) is 0 Å². The Hall–Kier alpha value is -1.58. The maximum atomic E-state index is 12.9. The molecule has 0 aliphatic rings. The first kappa shape index (κ1) is 10.5. The van der Waals surface area contributed by atoms with Crippen molar-refractivity contribution in [3.8, 4) is 0 Å². The van der Waals surface area contributed by atoms with Crippen LogP contribution in [-0.4, -0.2) is 19.6 Å². The van der Waals surface area contributed by atoms with Gasteiger partial charge in [-0.05, 0) is 25.1 Å². The Morgan fingerprint density at radius 2 is 2.29 bits per heavy atom. The highest BCUT2D eigenvalue weighted by atomic mass is 19.1. The highest BCUT2D eigenvalue weighted by molar-refractivity contribution is 5.91. The van der Waals surface area contributed by atoms with E-state index in [2.05, 4.69) is 5.32 Å². The molecule has 0 aliphatic carbocycles. The second-order valence-electron chi connectivity index (χ2n) is 2.78. The van der Waals surface area contributed by atoms with Crippen molar-refractivity contribution < 1.29 is 9.18 Å². The molecule has 0 unspecified atom stereocenters. The van der Waals surface area contributed by atoms with Crippen LogP contribution in [0.1, 0.15) is 6.92 Å². The molecule has 0 spiro atoms. The average Bonchev–Trinajstić information content (AvgIpc) is 2.19. The molecule has 0 saturated carbocycles. The highest BCUT2D eigenvalue weighted by Crippen LogP contribution is 2.14. The summed E-state index contributed by atoms with van der Waals surface area (Å²) in [6.45, 7) is 2.34. The van der Waals surface area contributed by atoms with Gasteiger partial charge in [-0.25, -0.2) is 9.18 Å². The lowest BCUT2D eigenvalue weighted by molar-refractivity contribution is 0.248. The summed E-state index contributed by atoms with van der Waals surface area (Å²) in [6, 6.07) is 5.72. The van der Waals surface area contributed by atoms with Crippen LogP contribution in [0.2, 0.25) is 0 Å². The van der Waals surface area contributed by atoms with E-state index in [1.54, 1.807) is 19.2 Å². The molecule has 1 aromatic carbocycles. The van der Waals surface area contributed by atoms with E-state index in [4.69, 9.17) is 0 Å². The van der Waals surface area contributed by atoms with Crippen molar-refractivity contribution in [2.75, 3.05) is 18.5 Å². The number of anilines is 1. The van der Waals surface area contributed by atoms with E-state index < -0.39 is 0 Å². The van der Waals surface area contributed by atoms with Crippen molar-refractivity contribution >= 4 is 11.7 Å². The van der Waals surface area contributed by atoms with E-state index in [-0.39, 0.29) is 11.8 Å². The largest absolute Gasteiger partial charge is 0.341 e. The molecule has 3 nitrogen and oxygen atoms in total. The molecular formula is C10H13FN2O. The molecule has 0 aliphatic heterocycles. The van der Waals surface area contributed by atoms with Crippen molar-refractivity contribution in [3.05, 3.63) is 30.1 Å². The number of nitrogens with one attached hydrogen (secondary N) is 1. The zero-order chi connectivity index (χ0) is 10.6. The minimum absolute atomic E-state index is 0.238. The molecule has 1 aromatic rings. The lowest BCUT2D eigenvalue weighted by Gasteiger charge is -2.20. The monoisotopic (exact) mass is 196 g/mol. The Bertz CT molecular complexity index is 328. The molecule has 4 heteroatoms. The lowest BCUT2D eigenvalue weighted by atomic mass is 10.3. The summed E-state index contributed by atoms with van der Waals surface area (Å²) < 4.78 is 12.9. The average molecular weight is 196 g/mol. The van der Waals surface area contributed by atoms with Gasteiger partial charge in [-0.1, -0.05) is 6.07 Å². The van der Waals surface area contributed by atoms with E-state index in [9.17, 15) is 9.18 Å². The number of urea groups is 1. The highest BCUT2D eigenvalue weighted by Gasteiger charge is 2.11. The number of rotatable bonds is 2. The standard InChI is InChI=1S/C10H13FN2O/c1-3-13(10(14)12-2)9-6-4-5-8(11)7-9/h4-7H,3H2,1-2H3,(H,12,14). The molecule has 0 heterocycles. The van der Waals surface area contributed by atoms with Gasteiger partial charge in [0, 0.05) is 19.3 Å². The van der Waals surface area contributed by atoms with Crippen molar-refractivity contribution in [1.82, 2.24) is 5.32 Å². The van der Waals surface area contributed by atoms with E-state index in [0.717, 1.165) is 0 Å². The van der Waals surface area contributed by atoms with Gasteiger partial charge in [0.25, 0.3) is 0 Å². The van der Waals surface area contributed by atoms with Crippen LogP contribution in [0.4, 0.5) is 14.9 Å². The first-order valence-corrected chi connectivity index (χ1v) is 4.44. The molecule has 2 amide bonds. The van der Waals surface area contributed by atoms with E-state index in [1.807, 2.05) is 6.92 Å². The van der Waals surface area contributed by atoms with Crippen LogP contribution in [0.3, 0.4) is 0 Å². The maximum Gasteiger partial charge on any atom is 0.321 e. The van der Waals surface area contributed by atoms with E-state index in [0.29, 0.717) is 12.2 Å². The fourth-order valence-electron chi connectivity index (χ4n) is 1.22. The summed E-state index contributed by atoms with van der Waals surface area (Å²) in [5.74, 6) is -0.343. The van der Waals surface area contributed by atoms with Gasteiger partial charge in [0.1, 0.15) is 5.82 Å². The van der Waals surface area contributed by atoms with Gasteiger partial charge >= 0.3 is 6.03 Å². The number of nitrogens with zero attached hydrogens (tertiary/aromatic N) is 1. The SMILES string of the molecule is CCN(C(=O)NC)c1cccc(F)c1. The van der Waals surface area contributed by atoms with Gasteiger partial charge in [-0.3, -0.25) is 4.90 Å². The maximum absolute atomic E-state index is 12.9. The Morgan fingerprint density at radius 3 is 2.79 bits per heavy atom. The molecule has 0 aromatic heterocycles. The second kappa shape index (κ2) is 4.60. The van der Waals surface area contributed by atoms with Gasteiger partial charge in [0.15, 0.2) is 0 Å². The van der Waals surface area contributed by atoms with Crippen LogP contribution in [0, 0.1) is 5.82 Å². The third-order valence-electron chi connectivity index (χ3n) is 1.90. The van der Waals surface area contributed by atoms with Crippen molar-refractivity contribution in [2.24, 2.45) is 0 Å². The Balaban J connectivity index is 2.94. The molecule has 0 radical (unpaired) electrons. The smallest absolute Gasteiger partial charge is 0.321 e. The molecule has 0 atom stereocenters. The van der Waals surface area contributed by atoms with Crippen molar-refractivity contribution in [1.29, 1.82) is 0 Å². The minimum atomic E-state index is -0.343. The first-order chi connectivity index (χ1) is 6.69. The van der Waals surface area contributed by atoms with Crippen molar-refractivity contribution in [3.63, 3.8) is 0 Å². The van der Waals surface area contributed by atoms with Crippen LogP contribution in [0.5, 0.6) is 0 Å². The third-order valence-corrected chi connectivity index (χ3v) is 1.90. The summed E-state index contributed by atoms with van der Waals surface area (Å²) in [5, 5.41) is 2.50. The predicted molar refractivity (Wildman–Crippen MR) is 53.9 cm³/mol. The van der Waals surface area contributed by atoms with Crippen LogP contribution in [0.15, 0.2) is 24.3 Å². The van der Waals surface area contributed by atoms with Crippen LogP contribution in [-0.2, 0) is 0 Å². The fraction of sp³-hybridized carbons (Fsp3) is 0.300. The number of benzene rings is 1. The van der Waals surface area contributed by atoms with Crippen molar-refractivity contribution in [2.45, 2.75) is 6.92 Å². The van der Waals surface area contributed by atoms with Gasteiger partial charge in [0.2, 0.25) is 0 Å². The number of amides is 2. The van der Waals surface area contributed by atoms with Crippen LogP contribution >= 0.6 is 0 Å². The van der Waals surface area contributed by atoms with Crippen LogP contribution in [0.25, 0.3) is 0 Å². The molecule has 76 valence electrons. The number of carbonyl (C=O) groups is 1. The van der Waals surface area contributed by atoms with Gasteiger partial charge in [-0.2, -0.15) is 0 Å². The predicted octanol–water partition coefficient (Wildman–Crippen LogP) is 1.99. The Kier molecular flexibility index (Phi) is 3.45. The zero-order valence-electron chi connectivity index (χ0n) is 8.25. The summed E-state index contributed by atoms with van der Waals surface area (Å²) in [7, 11) is 1.55. The number of halogens is 1. The minimum Gasteiger partial charge on any atom is -0.341 e. The summed E-state index contributed by atoms with van der Waals surface area (Å²) in [4.78, 5) is 12.8. The van der Waals surface area contributed by atoms with E-state index >= 15 is 0 Å². The Labute approximate surface area is 82.5 Å². The molecule has 0 fully saturated rings. The first-order valence-electron chi connectivity index (χ1n) is 4.44. The summed E-state index contributed by atoms with van der Waals surface area (Å²) in [5.41, 5.74) is 0.562. The summed E-state index contributed by atoms with van der Waals surface area (Å²) >= 11 is 0. The molecule has 0 bridgehead atoms.